The van der Waals surface area contributed by atoms with Gasteiger partial charge in [0.15, 0.2) is 5.69 Å². The maximum absolute atomic E-state index is 10.8. The molecule has 0 unspecified atom stereocenters. The third-order valence-electron chi connectivity index (χ3n) is 5.19. The first-order valence-electron chi connectivity index (χ1n) is 7.93. The molecule has 2 heterocycles. The number of carboxylic acids is 1. The van der Waals surface area contributed by atoms with Gasteiger partial charge >= 0.3 is 5.97 Å². The van der Waals surface area contributed by atoms with Gasteiger partial charge in [-0.15, -0.1) is 5.10 Å². The number of carbonyl (C=O) groups is 1. The van der Waals surface area contributed by atoms with Crippen LogP contribution in [0.25, 0.3) is 0 Å². The fourth-order valence-corrected chi connectivity index (χ4v) is 3.64. The predicted molar refractivity (Wildman–Crippen MR) is 78.2 cm³/mol. The lowest BCUT2D eigenvalue weighted by Gasteiger charge is -2.46. The lowest BCUT2D eigenvalue weighted by Crippen LogP contribution is -2.53. The third kappa shape index (κ3) is 2.95. The number of hydrogen-bond acceptors (Lipinski definition) is 4. The van der Waals surface area contributed by atoms with Crippen molar-refractivity contribution in [3.63, 3.8) is 0 Å². The van der Waals surface area contributed by atoms with Crippen molar-refractivity contribution < 1.29 is 9.90 Å². The summed E-state index contributed by atoms with van der Waals surface area (Å²) in [5, 5.41) is 16.5. The van der Waals surface area contributed by atoms with Crippen molar-refractivity contribution in [3.8, 4) is 0 Å². The molecule has 0 aromatic carbocycles. The van der Waals surface area contributed by atoms with Gasteiger partial charge in [-0.05, 0) is 37.5 Å². The topological polar surface area (TPSA) is 71.2 Å². The summed E-state index contributed by atoms with van der Waals surface area (Å²) in [6.07, 6.45) is 6.83. The molecule has 3 rings (SSSR count). The minimum Gasteiger partial charge on any atom is -0.476 e. The van der Waals surface area contributed by atoms with Crippen LogP contribution in [0.4, 0.5) is 0 Å². The number of carboxylic acid groups (broad SMARTS) is 1. The number of aromatic carboxylic acids is 1. The number of hydrogen-bond donors (Lipinski definition) is 1. The first-order valence-corrected chi connectivity index (χ1v) is 7.93. The van der Waals surface area contributed by atoms with Crippen molar-refractivity contribution in [1.29, 1.82) is 0 Å². The molecule has 1 saturated carbocycles. The lowest BCUT2D eigenvalue weighted by molar-refractivity contribution is 0.0241. The van der Waals surface area contributed by atoms with Gasteiger partial charge in [-0.2, -0.15) is 0 Å². The number of nitrogens with zero attached hydrogens (tertiary/aromatic N) is 4. The SMILES string of the molecule is CC(C)C1CCC(N2CC(n3cc(C(=O)O)nn3)C2)CC1. The maximum Gasteiger partial charge on any atom is 0.358 e. The third-order valence-corrected chi connectivity index (χ3v) is 5.19. The van der Waals surface area contributed by atoms with E-state index in [9.17, 15) is 4.79 Å². The van der Waals surface area contributed by atoms with Crippen LogP contribution in [-0.2, 0) is 0 Å². The fourth-order valence-electron chi connectivity index (χ4n) is 3.64. The Kier molecular flexibility index (Phi) is 3.97. The normalized spacial score (nSPS) is 27.8. The second-order valence-corrected chi connectivity index (χ2v) is 6.81. The van der Waals surface area contributed by atoms with Gasteiger partial charge in [0.25, 0.3) is 0 Å². The van der Waals surface area contributed by atoms with Gasteiger partial charge in [-0.1, -0.05) is 19.1 Å². The van der Waals surface area contributed by atoms with Crippen LogP contribution in [0.5, 0.6) is 0 Å². The van der Waals surface area contributed by atoms with E-state index in [1.807, 2.05) is 0 Å². The molecule has 0 radical (unpaired) electrons. The molecule has 0 spiro atoms. The van der Waals surface area contributed by atoms with E-state index in [0.29, 0.717) is 6.04 Å². The van der Waals surface area contributed by atoms with Crippen molar-refractivity contribution in [2.75, 3.05) is 13.1 Å². The van der Waals surface area contributed by atoms with E-state index in [2.05, 4.69) is 29.1 Å². The molecule has 6 heteroatoms. The molecule has 0 bridgehead atoms. The van der Waals surface area contributed by atoms with Crippen molar-refractivity contribution in [2.45, 2.75) is 51.6 Å². The molecule has 1 N–H and O–H groups in total. The lowest BCUT2D eigenvalue weighted by atomic mass is 9.78. The van der Waals surface area contributed by atoms with Gasteiger partial charge in [0.2, 0.25) is 0 Å². The molecule has 0 amide bonds. The molecular formula is C15H24N4O2. The molecule has 21 heavy (non-hydrogen) atoms. The number of aromatic nitrogens is 3. The van der Waals surface area contributed by atoms with E-state index in [4.69, 9.17) is 5.11 Å². The van der Waals surface area contributed by atoms with Gasteiger partial charge in [-0.3, -0.25) is 4.90 Å². The van der Waals surface area contributed by atoms with Gasteiger partial charge in [0.1, 0.15) is 0 Å². The van der Waals surface area contributed by atoms with Crippen molar-refractivity contribution in [1.82, 2.24) is 19.9 Å². The van der Waals surface area contributed by atoms with Gasteiger partial charge < -0.3 is 5.11 Å². The summed E-state index contributed by atoms with van der Waals surface area (Å²) in [7, 11) is 0. The molecule has 1 aliphatic heterocycles. The quantitative estimate of drug-likeness (QED) is 0.919. The average Bonchev–Trinajstić information content (AvgIpc) is 2.87. The van der Waals surface area contributed by atoms with Crippen LogP contribution in [-0.4, -0.2) is 50.1 Å². The smallest absolute Gasteiger partial charge is 0.358 e. The highest BCUT2D eigenvalue weighted by atomic mass is 16.4. The highest BCUT2D eigenvalue weighted by molar-refractivity contribution is 5.84. The Balaban J connectivity index is 1.48. The summed E-state index contributed by atoms with van der Waals surface area (Å²) in [5.41, 5.74) is 0.0332. The molecule has 116 valence electrons. The first-order chi connectivity index (χ1) is 10.0. The van der Waals surface area contributed by atoms with E-state index in [0.717, 1.165) is 24.9 Å². The Hall–Kier alpha value is -1.43. The molecule has 1 aromatic heterocycles. The fraction of sp³-hybridized carbons (Fsp3) is 0.800. The average molecular weight is 292 g/mol. The highest BCUT2D eigenvalue weighted by Crippen LogP contribution is 2.35. The Bertz CT molecular complexity index is 500. The molecule has 0 atom stereocenters. The molecular weight excluding hydrogens is 268 g/mol. The van der Waals surface area contributed by atoms with Crippen LogP contribution in [0.1, 0.15) is 56.1 Å². The van der Waals surface area contributed by atoms with E-state index in [1.165, 1.54) is 25.7 Å². The Morgan fingerprint density at radius 2 is 1.90 bits per heavy atom. The largest absolute Gasteiger partial charge is 0.476 e. The second kappa shape index (κ2) is 5.75. The summed E-state index contributed by atoms with van der Waals surface area (Å²) in [5.74, 6) is 0.691. The zero-order chi connectivity index (χ0) is 15.0. The predicted octanol–water partition coefficient (Wildman–Crippen LogP) is 2.05. The number of rotatable bonds is 4. The van der Waals surface area contributed by atoms with Gasteiger partial charge in [-0.25, -0.2) is 9.48 Å². The Morgan fingerprint density at radius 3 is 2.43 bits per heavy atom. The number of likely N-dealkylation sites (tertiary alicyclic amines) is 1. The van der Waals surface area contributed by atoms with Crippen LogP contribution in [0, 0.1) is 11.8 Å². The van der Waals surface area contributed by atoms with Crippen molar-refractivity contribution in [2.24, 2.45) is 11.8 Å². The van der Waals surface area contributed by atoms with Gasteiger partial charge in [0, 0.05) is 19.1 Å². The van der Waals surface area contributed by atoms with Crippen LogP contribution >= 0.6 is 0 Å². The molecule has 1 aromatic rings. The monoisotopic (exact) mass is 292 g/mol. The van der Waals surface area contributed by atoms with Crippen molar-refractivity contribution >= 4 is 5.97 Å². The van der Waals surface area contributed by atoms with Crippen LogP contribution < -0.4 is 0 Å². The zero-order valence-electron chi connectivity index (χ0n) is 12.8. The minimum absolute atomic E-state index is 0.0332. The van der Waals surface area contributed by atoms with E-state index in [-0.39, 0.29) is 11.7 Å². The molecule has 1 saturated heterocycles. The van der Waals surface area contributed by atoms with E-state index < -0.39 is 5.97 Å². The van der Waals surface area contributed by atoms with E-state index >= 15 is 0 Å². The Labute approximate surface area is 125 Å². The summed E-state index contributed by atoms with van der Waals surface area (Å²) in [6.45, 7) is 6.60. The molecule has 2 aliphatic rings. The van der Waals surface area contributed by atoms with E-state index in [1.54, 1.807) is 10.9 Å². The standard InChI is InChI=1S/C15H24N4O2/c1-10(2)11-3-5-12(6-4-11)18-7-13(8-18)19-9-14(15(20)21)16-17-19/h9-13H,3-8H2,1-2H3,(H,20,21). The second-order valence-electron chi connectivity index (χ2n) is 6.81. The van der Waals surface area contributed by atoms with Crippen LogP contribution in [0.3, 0.4) is 0 Å². The summed E-state index contributed by atoms with van der Waals surface area (Å²) in [4.78, 5) is 13.3. The summed E-state index contributed by atoms with van der Waals surface area (Å²) >= 11 is 0. The van der Waals surface area contributed by atoms with Crippen LogP contribution in [0.15, 0.2) is 6.20 Å². The highest BCUT2D eigenvalue weighted by Gasteiger charge is 2.36. The maximum atomic E-state index is 10.8. The summed E-state index contributed by atoms with van der Waals surface area (Å²) < 4.78 is 1.71. The van der Waals surface area contributed by atoms with Gasteiger partial charge in [0.05, 0.1) is 12.2 Å². The molecule has 6 nitrogen and oxygen atoms in total. The minimum atomic E-state index is -1.01. The molecule has 2 fully saturated rings. The first kappa shape index (κ1) is 14.5. The molecule has 1 aliphatic carbocycles. The van der Waals surface area contributed by atoms with Crippen molar-refractivity contribution in [3.05, 3.63) is 11.9 Å². The Morgan fingerprint density at radius 1 is 1.24 bits per heavy atom. The zero-order valence-corrected chi connectivity index (χ0v) is 12.8. The summed E-state index contributed by atoms with van der Waals surface area (Å²) in [6, 6.07) is 0.993. The van der Waals surface area contributed by atoms with Crippen LogP contribution in [0.2, 0.25) is 0 Å².